The van der Waals surface area contributed by atoms with Crippen LogP contribution in [-0.4, -0.2) is 48.6 Å². The molecule has 2 aliphatic heterocycles. The maximum absolute atomic E-state index is 11.6. The van der Waals surface area contributed by atoms with Crippen LogP contribution < -0.4 is 10.6 Å². The lowest BCUT2D eigenvalue weighted by atomic mass is 9.98. The summed E-state index contributed by atoms with van der Waals surface area (Å²) in [5.74, 6) is 0.329. The Kier molecular flexibility index (Phi) is 5.64. The maximum atomic E-state index is 11.6. The van der Waals surface area contributed by atoms with Crippen molar-refractivity contribution in [2.75, 3.05) is 19.6 Å². The van der Waals surface area contributed by atoms with Gasteiger partial charge >= 0.3 is 0 Å². The summed E-state index contributed by atoms with van der Waals surface area (Å²) in [6.07, 6.45) is 6.97. The largest absolute Gasteiger partial charge is 0.341 e. The van der Waals surface area contributed by atoms with Crippen molar-refractivity contribution >= 4 is 5.91 Å². The Morgan fingerprint density at radius 2 is 2.16 bits per heavy atom. The molecular weight excluding hydrogens is 238 g/mol. The van der Waals surface area contributed by atoms with Crippen LogP contribution in [0.3, 0.4) is 0 Å². The Morgan fingerprint density at radius 3 is 2.79 bits per heavy atom. The number of nitrogens with zero attached hydrogens (tertiary/aromatic N) is 1. The molecule has 0 aromatic heterocycles. The van der Waals surface area contributed by atoms with Gasteiger partial charge in [-0.15, -0.1) is 0 Å². The number of hydrogen-bond acceptors (Lipinski definition) is 3. The molecule has 0 aliphatic carbocycles. The molecule has 0 saturated carbocycles. The smallest absolute Gasteiger partial charge is 0.222 e. The third kappa shape index (κ3) is 4.77. The predicted molar refractivity (Wildman–Crippen MR) is 78.1 cm³/mol. The Bertz CT molecular complexity index is 289. The Labute approximate surface area is 117 Å². The van der Waals surface area contributed by atoms with Crippen molar-refractivity contribution in [2.45, 2.75) is 70.5 Å². The van der Waals surface area contributed by atoms with Crippen molar-refractivity contribution in [3.05, 3.63) is 0 Å². The molecule has 2 saturated heterocycles. The summed E-state index contributed by atoms with van der Waals surface area (Å²) in [6.45, 7) is 7.44. The first-order chi connectivity index (χ1) is 9.15. The van der Waals surface area contributed by atoms with E-state index in [1.165, 1.54) is 32.2 Å². The van der Waals surface area contributed by atoms with Gasteiger partial charge in [0.2, 0.25) is 5.91 Å². The Balaban J connectivity index is 1.65. The van der Waals surface area contributed by atoms with E-state index in [9.17, 15) is 4.79 Å². The molecule has 3 atom stereocenters. The average molecular weight is 267 g/mol. The molecule has 4 heteroatoms. The van der Waals surface area contributed by atoms with Gasteiger partial charge in [0.15, 0.2) is 0 Å². The summed E-state index contributed by atoms with van der Waals surface area (Å²) in [7, 11) is 0. The SMILES string of the molecule is CC(CC1CCCCN1)NC(C)CN1CCCC1=O. The molecule has 0 aromatic rings. The fraction of sp³-hybridized carbons (Fsp3) is 0.933. The van der Waals surface area contributed by atoms with Gasteiger partial charge < -0.3 is 15.5 Å². The van der Waals surface area contributed by atoms with E-state index in [-0.39, 0.29) is 0 Å². The molecule has 2 heterocycles. The molecule has 2 rings (SSSR count). The normalized spacial score (nSPS) is 27.6. The van der Waals surface area contributed by atoms with E-state index in [2.05, 4.69) is 24.5 Å². The van der Waals surface area contributed by atoms with Crippen LogP contribution in [-0.2, 0) is 4.79 Å². The zero-order valence-electron chi connectivity index (χ0n) is 12.5. The van der Waals surface area contributed by atoms with Crippen LogP contribution in [0.1, 0.15) is 52.4 Å². The van der Waals surface area contributed by atoms with Crippen molar-refractivity contribution in [1.82, 2.24) is 15.5 Å². The molecule has 110 valence electrons. The van der Waals surface area contributed by atoms with Crippen molar-refractivity contribution in [3.63, 3.8) is 0 Å². The lowest BCUT2D eigenvalue weighted by molar-refractivity contribution is -0.127. The van der Waals surface area contributed by atoms with E-state index < -0.39 is 0 Å². The van der Waals surface area contributed by atoms with Gasteiger partial charge in [0.25, 0.3) is 0 Å². The molecule has 0 bridgehead atoms. The summed E-state index contributed by atoms with van der Waals surface area (Å²) in [4.78, 5) is 13.6. The van der Waals surface area contributed by atoms with Gasteiger partial charge in [-0.05, 0) is 46.1 Å². The van der Waals surface area contributed by atoms with Gasteiger partial charge in [0.05, 0.1) is 0 Å². The van der Waals surface area contributed by atoms with E-state index in [0.29, 0.717) is 24.0 Å². The van der Waals surface area contributed by atoms with E-state index in [0.717, 1.165) is 25.9 Å². The van der Waals surface area contributed by atoms with Crippen LogP contribution >= 0.6 is 0 Å². The molecule has 0 radical (unpaired) electrons. The number of nitrogens with one attached hydrogen (secondary N) is 2. The summed E-state index contributed by atoms with van der Waals surface area (Å²) >= 11 is 0. The third-order valence-corrected chi connectivity index (χ3v) is 4.29. The average Bonchev–Trinajstić information content (AvgIpc) is 2.76. The highest BCUT2D eigenvalue weighted by Crippen LogP contribution is 2.13. The summed E-state index contributed by atoms with van der Waals surface area (Å²) in [5, 5.41) is 7.24. The van der Waals surface area contributed by atoms with Gasteiger partial charge in [-0.2, -0.15) is 0 Å². The van der Waals surface area contributed by atoms with Crippen molar-refractivity contribution in [3.8, 4) is 0 Å². The molecule has 2 fully saturated rings. The van der Waals surface area contributed by atoms with Crippen molar-refractivity contribution in [2.24, 2.45) is 0 Å². The van der Waals surface area contributed by atoms with Crippen molar-refractivity contribution < 1.29 is 4.79 Å². The van der Waals surface area contributed by atoms with Crippen LogP contribution in [0.4, 0.5) is 0 Å². The lowest BCUT2D eigenvalue weighted by Crippen LogP contribution is -2.46. The van der Waals surface area contributed by atoms with Crippen LogP contribution in [0, 0.1) is 0 Å². The van der Waals surface area contributed by atoms with Crippen LogP contribution in [0.5, 0.6) is 0 Å². The number of amides is 1. The standard InChI is InChI=1S/C15H29N3O/c1-12(10-14-6-3-4-8-16-14)17-13(2)11-18-9-5-7-15(18)19/h12-14,16-17H,3-11H2,1-2H3. The minimum absolute atomic E-state index is 0.329. The molecule has 3 unspecified atom stereocenters. The summed E-state index contributed by atoms with van der Waals surface area (Å²) < 4.78 is 0. The first kappa shape index (κ1) is 14.8. The van der Waals surface area contributed by atoms with E-state index in [1.54, 1.807) is 0 Å². The highest BCUT2D eigenvalue weighted by molar-refractivity contribution is 5.78. The fourth-order valence-corrected chi connectivity index (χ4v) is 3.39. The van der Waals surface area contributed by atoms with E-state index >= 15 is 0 Å². The lowest BCUT2D eigenvalue weighted by Gasteiger charge is -2.29. The second-order valence-corrected chi connectivity index (χ2v) is 6.29. The quantitative estimate of drug-likeness (QED) is 0.767. The number of likely N-dealkylation sites (tertiary alicyclic amines) is 1. The predicted octanol–water partition coefficient (Wildman–Crippen LogP) is 1.51. The molecule has 2 N–H and O–H groups in total. The topological polar surface area (TPSA) is 44.4 Å². The molecule has 0 aromatic carbocycles. The summed E-state index contributed by atoms with van der Waals surface area (Å²) in [5.41, 5.74) is 0. The van der Waals surface area contributed by atoms with Crippen molar-refractivity contribution in [1.29, 1.82) is 0 Å². The second kappa shape index (κ2) is 7.25. The second-order valence-electron chi connectivity index (χ2n) is 6.29. The number of carbonyl (C=O) groups excluding carboxylic acids is 1. The molecule has 4 nitrogen and oxygen atoms in total. The maximum Gasteiger partial charge on any atom is 0.222 e. The molecule has 2 aliphatic rings. The van der Waals surface area contributed by atoms with Gasteiger partial charge in [-0.3, -0.25) is 4.79 Å². The zero-order valence-corrected chi connectivity index (χ0v) is 12.5. The summed E-state index contributed by atoms with van der Waals surface area (Å²) in [6, 6.07) is 1.58. The highest BCUT2D eigenvalue weighted by atomic mass is 16.2. The minimum atomic E-state index is 0.329. The molecular formula is C15H29N3O. The van der Waals surface area contributed by atoms with E-state index in [4.69, 9.17) is 0 Å². The van der Waals surface area contributed by atoms with Gasteiger partial charge in [-0.1, -0.05) is 6.42 Å². The third-order valence-electron chi connectivity index (χ3n) is 4.29. The minimum Gasteiger partial charge on any atom is -0.341 e. The molecule has 1 amide bonds. The van der Waals surface area contributed by atoms with Crippen LogP contribution in [0.15, 0.2) is 0 Å². The van der Waals surface area contributed by atoms with Gasteiger partial charge in [0.1, 0.15) is 0 Å². The number of rotatable bonds is 6. The Hall–Kier alpha value is -0.610. The first-order valence-corrected chi connectivity index (χ1v) is 7.92. The number of carbonyl (C=O) groups is 1. The monoisotopic (exact) mass is 267 g/mol. The Morgan fingerprint density at radius 1 is 1.32 bits per heavy atom. The van der Waals surface area contributed by atoms with Gasteiger partial charge in [0, 0.05) is 37.6 Å². The van der Waals surface area contributed by atoms with Crippen LogP contribution in [0.25, 0.3) is 0 Å². The highest BCUT2D eigenvalue weighted by Gasteiger charge is 2.23. The molecule has 0 spiro atoms. The first-order valence-electron chi connectivity index (χ1n) is 7.92. The van der Waals surface area contributed by atoms with E-state index in [1.807, 2.05) is 4.90 Å². The fourth-order valence-electron chi connectivity index (χ4n) is 3.39. The number of piperidine rings is 1. The van der Waals surface area contributed by atoms with Crippen LogP contribution in [0.2, 0.25) is 0 Å². The number of hydrogen-bond donors (Lipinski definition) is 2. The zero-order chi connectivity index (χ0) is 13.7. The van der Waals surface area contributed by atoms with Gasteiger partial charge in [-0.25, -0.2) is 0 Å². The molecule has 19 heavy (non-hydrogen) atoms.